The lowest BCUT2D eigenvalue weighted by Gasteiger charge is -2.23. The Morgan fingerprint density at radius 3 is 2.51 bits per heavy atom. The summed E-state index contributed by atoms with van der Waals surface area (Å²) in [5, 5.41) is 12.6. The van der Waals surface area contributed by atoms with Crippen molar-refractivity contribution >= 4 is 29.3 Å². The fraction of sp³-hybridized carbons (Fsp3) is 0.269. The summed E-state index contributed by atoms with van der Waals surface area (Å²) in [6.45, 7) is 1.16. The van der Waals surface area contributed by atoms with Crippen molar-refractivity contribution in [1.82, 2.24) is 10.3 Å². The molecule has 9 heteroatoms. The van der Waals surface area contributed by atoms with Crippen LogP contribution in [0.5, 0.6) is 5.75 Å². The zero-order valence-corrected chi connectivity index (χ0v) is 19.5. The van der Waals surface area contributed by atoms with Crippen LogP contribution in [0.2, 0.25) is 5.02 Å². The molecule has 1 aliphatic carbocycles. The Hall–Kier alpha value is -3.65. The Morgan fingerprint density at radius 2 is 1.86 bits per heavy atom. The van der Waals surface area contributed by atoms with E-state index in [1.54, 1.807) is 42.5 Å². The molecule has 1 aliphatic heterocycles. The van der Waals surface area contributed by atoms with Crippen LogP contribution >= 0.6 is 11.6 Å². The molecular weight excluding hydrogens is 473 g/mol. The van der Waals surface area contributed by atoms with E-state index in [-0.39, 0.29) is 23.4 Å². The first-order valence-corrected chi connectivity index (χ1v) is 11.7. The highest BCUT2D eigenvalue weighted by molar-refractivity contribution is 6.31. The van der Waals surface area contributed by atoms with Gasteiger partial charge in [-0.2, -0.15) is 0 Å². The summed E-state index contributed by atoms with van der Waals surface area (Å²) < 4.78 is 19.1. The lowest BCUT2D eigenvalue weighted by atomic mass is 10.0. The quantitative estimate of drug-likeness (QED) is 0.496. The molecule has 0 bridgehead atoms. The van der Waals surface area contributed by atoms with Crippen LogP contribution in [0.3, 0.4) is 0 Å². The van der Waals surface area contributed by atoms with Crippen LogP contribution < -0.4 is 15.0 Å². The van der Waals surface area contributed by atoms with Gasteiger partial charge in [0.05, 0.1) is 28.2 Å². The summed E-state index contributed by atoms with van der Waals surface area (Å²) >= 11 is 6.20. The molecule has 3 aromatic rings. The van der Waals surface area contributed by atoms with Crippen LogP contribution in [-0.4, -0.2) is 41.2 Å². The standard InChI is InChI=1S/C26H23ClFN3O4/c27-18-13-22(24(32)30-26(10-11-26)17-3-1-16(2-4-17)25(33)34)23(29-14-18)31-12-9-21(15-31)35-20-7-5-19(28)6-8-20/h1-8,13-14,21H,9-12,15H2,(H,30,32)(H,33,34). The first-order valence-electron chi connectivity index (χ1n) is 11.3. The number of hydrogen-bond acceptors (Lipinski definition) is 5. The van der Waals surface area contributed by atoms with E-state index in [4.69, 9.17) is 21.4 Å². The highest BCUT2D eigenvalue weighted by atomic mass is 35.5. The molecule has 2 aliphatic rings. The third-order valence-electron chi connectivity index (χ3n) is 6.43. The van der Waals surface area contributed by atoms with Gasteiger partial charge in [-0.1, -0.05) is 23.7 Å². The van der Waals surface area contributed by atoms with E-state index >= 15 is 0 Å². The molecule has 1 saturated heterocycles. The number of carboxylic acids is 1. The number of pyridine rings is 1. The number of carboxylic acid groups (broad SMARTS) is 1. The van der Waals surface area contributed by atoms with Gasteiger partial charge in [-0.05, 0) is 60.9 Å². The lowest BCUT2D eigenvalue weighted by molar-refractivity contribution is 0.0696. The molecule has 0 spiro atoms. The molecule has 35 heavy (non-hydrogen) atoms. The lowest BCUT2D eigenvalue weighted by Crippen LogP contribution is -2.36. The van der Waals surface area contributed by atoms with Gasteiger partial charge in [0.2, 0.25) is 0 Å². The number of carbonyl (C=O) groups is 2. The molecule has 5 rings (SSSR count). The van der Waals surface area contributed by atoms with Crippen molar-refractivity contribution in [3.8, 4) is 5.75 Å². The van der Waals surface area contributed by atoms with E-state index in [0.717, 1.165) is 24.8 Å². The molecule has 2 heterocycles. The van der Waals surface area contributed by atoms with Crippen LogP contribution in [0.25, 0.3) is 0 Å². The van der Waals surface area contributed by atoms with Gasteiger partial charge in [-0.25, -0.2) is 14.2 Å². The minimum Gasteiger partial charge on any atom is -0.489 e. The molecule has 0 radical (unpaired) electrons. The minimum absolute atomic E-state index is 0.128. The second kappa shape index (κ2) is 9.19. The van der Waals surface area contributed by atoms with Gasteiger partial charge in [-0.3, -0.25) is 4.79 Å². The summed E-state index contributed by atoms with van der Waals surface area (Å²) in [5.41, 5.74) is 0.894. The largest absolute Gasteiger partial charge is 0.489 e. The van der Waals surface area contributed by atoms with E-state index < -0.39 is 11.5 Å². The van der Waals surface area contributed by atoms with E-state index in [1.165, 1.54) is 18.3 Å². The third kappa shape index (κ3) is 4.93. The van der Waals surface area contributed by atoms with Gasteiger partial charge in [0.1, 0.15) is 23.5 Å². The molecule has 7 nitrogen and oxygen atoms in total. The van der Waals surface area contributed by atoms with Crippen LogP contribution in [-0.2, 0) is 5.54 Å². The van der Waals surface area contributed by atoms with Gasteiger partial charge in [-0.15, -0.1) is 0 Å². The van der Waals surface area contributed by atoms with Gasteiger partial charge in [0.15, 0.2) is 0 Å². The monoisotopic (exact) mass is 495 g/mol. The number of halogens is 2. The number of nitrogens with zero attached hydrogens (tertiary/aromatic N) is 2. The predicted octanol–water partition coefficient (Wildman–Crippen LogP) is 4.65. The highest BCUT2D eigenvalue weighted by Gasteiger charge is 2.46. The van der Waals surface area contributed by atoms with Crippen molar-refractivity contribution in [1.29, 1.82) is 0 Å². The number of carbonyl (C=O) groups excluding carboxylic acids is 1. The number of amides is 1. The normalized spacial score (nSPS) is 18.2. The zero-order chi connectivity index (χ0) is 24.6. The van der Waals surface area contributed by atoms with Gasteiger partial charge < -0.3 is 20.1 Å². The summed E-state index contributed by atoms with van der Waals surface area (Å²) in [4.78, 5) is 31.0. The van der Waals surface area contributed by atoms with E-state index in [0.29, 0.717) is 35.2 Å². The van der Waals surface area contributed by atoms with Crippen LogP contribution in [0.1, 0.15) is 45.5 Å². The molecule has 1 unspecified atom stereocenters. The Bertz CT molecular complexity index is 1260. The van der Waals surface area contributed by atoms with Crippen molar-refractivity contribution < 1.29 is 23.8 Å². The number of hydrogen-bond donors (Lipinski definition) is 2. The maximum absolute atomic E-state index is 13.4. The third-order valence-corrected chi connectivity index (χ3v) is 6.63. The van der Waals surface area contributed by atoms with Crippen molar-refractivity contribution in [3.63, 3.8) is 0 Å². The van der Waals surface area contributed by atoms with E-state index in [1.807, 2.05) is 4.90 Å². The molecule has 180 valence electrons. The van der Waals surface area contributed by atoms with Gasteiger partial charge >= 0.3 is 5.97 Å². The van der Waals surface area contributed by atoms with Crippen molar-refractivity contribution in [2.45, 2.75) is 30.9 Å². The Morgan fingerprint density at radius 1 is 1.14 bits per heavy atom. The molecule has 2 fully saturated rings. The van der Waals surface area contributed by atoms with E-state index in [9.17, 15) is 14.0 Å². The molecular formula is C26H23ClFN3O4. The molecule has 1 saturated carbocycles. The average molecular weight is 496 g/mol. The number of anilines is 1. The highest BCUT2D eigenvalue weighted by Crippen LogP contribution is 2.46. The summed E-state index contributed by atoms with van der Waals surface area (Å²) in [6, 6.07) is 14.1. The molecule has 2 N–H and O–H groups in total. The van der Waals surface area contributed by atoms with Crippen LogP contribution in [0.4, 0.5) is 10.2 Å². The number of rotatable bonds is 7. The van der Waals surface area contributed by atoms with Crippen molar-refractivity contribution in [3.05, 3.63) is 88.3 Å². The Balaban J connectivity index is 1.32. The Labute approximate surface area is 206 Å². The van der Waals surface area contributed by atoms with Crippen molar-refractivity contribution in [2.24, 2.45) is 0 Å². The Kier molecular flexibility index (Phi) is 6.06. The fourth-order valence-corrected chi connectivity index (χ4v) is 4.56. The zero-order valence-electron chi connectivity index (χ0n) is 18.7. The smallest absolute Gasteiger partial charge is 0.335 e. The maximum atomic E-state index is 13.4. The van der Waals surface area contributed by atoms with Gasteiger partial charge in [0.25, 0.3) is 5.91 Å². The molecule has 1 atom stereocenters. The van der Waals surface area contributed by atoms with E-state index in [2.05, 4.69) is 10.3 Å². The number of benzene rings is 2. The second-order valence-corrected chi connectivity index (χ2v) is 9.31. The summed E-state index contributed by atoms with van der Waals surface area (Å²) in [7, 11) is 0. The minimum atomic E-state index is -0.993. The second-order valence-electron chi connectivity index (χ2n) is 8.87. The van der Waals surface area contributed by atoms with Crippen LogP contribution in [0.15, 0.2) is 60.8 Å². The van der Waals surface area contributed by atoms with Crippen molar-refractivity contribution in [2.75, 3.05) is 18.0 Å². The maximum Gasteiger partial charge on any atom is 0.335 e. The molecule has 1 aromatic heterocycles. The number of aromatic carboxylic acids is 1. The fourth-order valence-electron chi connectivity index (χ4n) is 4.40. The number of aromatic nitrogens is 1. The number of nitrogens with one attached hydrogen (secondary N) is 1. The summed E-state index contributed by atoms with van der Waals surface area (Å²) in [5.74, 6) is -0.498. The number of ether oxygens (including phenoxy) is 1. The molecule has 2 aromatic carbocycles. The SMILES string of the molecule is O=C(O)c1ccc(C2(NC(=O)c3cc(Cl)cnc3N3CCC(Oc4ccc(F)cc4)C3)CC2)cc1. The summed E-state index contributed by atoms with van der Waals surface area (Å²) in [6.07, 6.45) is 3.62. The average Bonchev–Trinajstić information content (AvgIpc) is 3.49. The predicted molar refractivity (Wildman–Crippen MR) is 129 cm³/mol. The first-order chi connectivity index (χ1) is 16.8. The topological polar surface area (TPSA) is 91.8 Å². The molecule has 1 amide bonds. The van der Waals surface area contributed by atoms with Gasteiger partial charge in [0, 0.05) is 19.2 Å². The first kappa shape index (κ1) is 23.1. The van der Waals surface area contributed by atoms with Crippen LogP contribution in [0, 0.1) is 5.82 Å².